The number of carbonyl (C=O) groups excluding carboxylic acids is 2. The van der Waals surface area contributed by atoms with Crippen LogP contribution in [0.25, 0.3) is 0 Å². The lowest BCUT2D eigenvalue weighted by atomic mass is 9.95. The molecule has 0 radical (unpaired) electrons. The van der Waals surface area contributed by atoms with Gasteiger partial charge in [-0.15, -0.1) is 0 Å². The van der Waals surface area contributed by atoms with Crippen LogP contribution in [-0.4, -0.2) is 34.3 Å². The van der Waals surface area contributed by atoms with Gasteiger partial charge in [0.2, 0.25) is 15.9 Å². The van der Waals surface area contributed by atoms with Crippen molar-refractivity contribution in [1.82, 2.24) is 0 Å². The summed E-state index contributed by atoms with van der Waals surface area (Å²) in [6.07, 6.45) is 0. The molecule has 0 bridgehead atoms. The third kappa shape index (κ3) is 4.03. The zero-order valence-electron chi connectivity index (χ0n) is 16.0. The number of carbonyl (C=O) groups is 2. The SMILES string of the molecule is CC(=O)c1ccc(NS(=O)(=O)c2ccc(N3C(=O)C(C)(C)CS3(=O)=O)cc2)cc1. The molecule has 0 aromatic heterocycles. The molecule has 0 aliphatic carbocycles. The molecule has 2 aromatic rings. The van der Waals surface area contributed by atoms with Crippen molar-refractivity contribution < 1.29 is 26.4 Å². The minimum absolute atomic E-state index is 0.0883. The number of anilines is 2. The molecule has 8 nitrogen and oxygen atoms in total. The molecule has 154 valence electrons. The molecule has 0 spiro atoms. The highest BCUT2D eigenvalue weighted by molar-refractivity contribution is 7.94. The Bertz CT molecular complexity index is 1180. The summed E-state index contributed by atoms with van der Waals surface area (Å²) in [7, 11) is -7.75. The second kappa shape index (κ2) is 6.96. The summed E-state index contributed by atoms with van der Waals surface area (Å²) < 4.78 is 52.9. The van der Waals surface area contributed by atoms with Crippen molar-refractivity contribution in [2.24, 2.45) is 5.41 Å². The number of benzene rings is 2. The fourth-order valence-corrected chi connectivity index (χ4v) is 6.17. The lowest BCUT2D eigenvalue weighted by Gasteiger charge is -2.17. The van der Waals surface area contributed by atoms with Crippen molar-refractivity contribution in [3.8, 4) is 0 Å². The Balaban J connectivity index is 1.86. The summed E-state index contributed by atoms with van der Waals surface area (Å²) >= 11 is 0. The third-order valence-corrected chi connectivity index (χ3v) is 7.93. The van der Waals surface area contributed by atoms with Gasteiger partial charge in [0.1, 0.15) is 0 Å². The summed E-state index contributed by atoms with van der Waals surface area (Å²) in [4.78, 5) is 23.6. The number of Topliss-reactive ketones (excluding diaryl/α,β-unsaturated/α-hetero) is 1. The molecule has 1 saturated heterocycles. The average molecular weight is 437 g/mol. The highest BCUT2D eigenvalue weighted by Crippen LogP contribution is 2.36. The zero-order valence-corrected chi connectivity index (χ0v) is 17.7. The predicted molar refractivity (Wildman–Crippen MR) is 109 cm³/mol. The molecule has 3 rings (SSSR count). The highest BCUT2D eigenvalue weighted by Gasteiger charge is 2.49. The molecule has 10 heteroatoms. The van der Waals surface area contributed by atoms with E-state index >= 15 is 0 Å². The summed E-state index contributed by atoms with van der Waals surface area (Å²) in [5.41, 5.74) is -0.225. The Morgan fingerprint density at radius 3 is 2.03 bits per heavy atom. The van der Waals surface area contributed by atoms with Crippen LogP contribution < -0.4 is 9.03 Å². The van der Waals surface area contributed by atoms with E-state index < -0.39 is 31.4 Å². The van der Waals surface area contributed by atoms with Gasteiger partial charge in [0.05, 0.1) is 21.8 Å². The fourth-order valence-electron chi connectivity index (χ4n) is 3.01. The molecule has 0 saturated carbocycles. The first-order chi connectivity index (χ1) is 13.3. The summed E-state index contributed by atoms with van der Waals surface area (Å²) in [6, 6.07) is 11.0. The number of ketones is 1. The van der Waals surface area contributed by atoms with E-state index in [0.717, 1.165) is 4.31 Å². The van der Waals surface area contributed by atoms with Crippen LogP contribution in [-0.2, 0) is 24.8 Å². The van der Waals surface area contributed by atoms with E-state index in [9.17, 15) is 26.4 Å². The number of sulfonamides is 2. The maximum atomic E-state index is 12.6. The minimum Gasteiger partial charge on any atom is -0.295 e. The summed E-state index contributed by atoms with van der Waals surface area (Å²) in [5, 5.41) is 0. The second-order valence-corrected chi connectivity index (χ2v) is 10.9. The number of nitrogens with one attached hydrogen (secondary N) is 1. The number of hydrogen-bond donors (Lipinski definition) is 1. The highest BCUT2D eigenvalue weighted by atomic mass is 32.2. The molecule has 29 heavy (non-hydrogen) atoms. The molecule has 0 atom stereocenters. The lowest BCUT2D eigenvalue weighted by molar-refractivity contribution is -0.123. The van der Waals surface area contributed by atoms with Crippen molar-refractivity contribution in [3.63, 3.8) is 0 Å². The van der Waals surface area contributed by atoms with Gasteiger partial charge in [-0.05, 0) is 69.3 Å². The molecular formula is C19H20N2O6S2. The molecular weight excluding hydrogens is 416 g/mol. The predicted octanol–water partition coefficient (Wildman–Crippen LogP) is 2.39. The van der Waals surface area contributed by atoms with Gasteiger partial charge in [-0.3, -0.25) is 14.3 Å². The van der Waals surface area contributed by atoms with Crippen LogP contribution in [0.4, 0.5) is 11.4 Å². The summed E-state index contributed by atoms with van der Waals surface area (Å²) in [6.45, 7) is 4.51. The molecule has 0 unspecified atom stereocenters. The molecule has 1 amide bonds. The Morgan fingerprint density at radius 1 is 1.03 bits per heavy atom. The van der Waals surface area contributed by atoms with Crippen LogP contribution in [0.5, 0.6) is 0 Å². The minimum atomic E-state index is -3.94. The van der Waals surface area contributed by atoms with Crippen LogP contribution in [0.2, 0.25) is 0 Å². The van der Waals surface area contributed by atoms with Gasteiger partial charge in [0.25, 0.3) is 10.0 Å². The Kier molecular flexibility index (Phi) is 5.04. The molecule has 2 aromatic carbocycles. The lowest BCUT2D eigenvalue weighted by Crippen LogP contribution is -2.32. The van der Waals surface area contributed by atoms with Crippen LogP contribution in [0, 0.1) is 5.41 Å². The molecule has 1 heterocycles. The van der Waals surface area contributed by atoms with Crippen molar-refractivity contribution in [3.05, 3.63) is 54.1 Å². The maximum Gasteiger partial charge on any atom is 0.261 e. The smallest absolute Gasteiger partial charge is 0.261 e. The number of amides is 1. The van der Waals surface area contributed by atoms with E-state index in [4.69, 9.17) is 0 Å². The Morgan fingerprint density at radius 2 is 1.59 bits per heavy atom. The van der Waals surface area contributed by atoms with Gasteiger partial charge < -0.3 is 0 Å². The standard InChI is InChI=1S/C19H20N2O6S2/c1-13(22)14-4-6-15(7-5-14)20-29(26,27)17-10-8-16(9-11-17)21-18(23)19(2,3)12-28(21,24)25/h4-11,20H,12H2,1-3H3. The van der Waals surface area contributed by atoms with Crippen LogP contribution >= 0.6 is 0 Å². The fraction of sp³-hybridized carbons (Fsp3) is 0.263. The molecule has 1 aliphatic heterocycles. The molecule has 1 aliphatic rings. The van der Waals surface area contributed by atoms with Gasteiger partial charge in [-0.25, -0.2) is 21.1 Å². The monoisotopic (exact) mass is 436 g/mol. The Hall–Kier alpha value is -2.72. The van der Waals surface area contributed by atoms with Gasteiger partial charge >= 0.3 is 0 Å². The van der Waals surface area contributed by atoms with Crippen molar-refractivity contribution in [2.45, 2.75) is 25.7 Å². The number of nitrogens with zero attached hydrogens (tertiary/aromatic N) is 1. The maximum absolute atomic E-state index is 12.6. The zero-order chi connectivity index (χ0) is 21.6. The Labute approximate surface area is 169 Å². The third-order valence-electron chi connectivity index (χ3n) is 4.51. The summed E-state index contributed by atoms with van der Waals surface area (Å²) in [5.74, 6) is -1.00. The van der Waals surface area contributed by atoms with Crippen LogP contribution in [0.3, 0.4) is 0 Å². The first-order valence-electron chi connectivity index (χ1n) is 8.65. The van der Waals surface area contributed by atoms with E-state index in [1.807, 2.05) is 0 Å². The van der Waals surface area contributed by atoms with Crippen LogP contribution in [0.1, 0.15) is 31.1 Å². The van der Waals surface area contributed by atoms with E-state index in [1.54, 1.807) is 13.8 Å². The van der Waals surface area contributed by atoms with Crippen molar-refractivity contribution >= 4 is 43.1 Å². The topological polar surface area (TPSA) is 118 Å². The van der Waals surface area contributed by atoms with Crippen LogP contribution in [0.15, 0.2) is 53.4 Å². The normalized spacial score (nSPS) is 17.9. The van der Waals surface area contributed by atoms with E-state index in [1.165, 1.54) is 55.5 Å². The van der Waals surface area contributed by atoms with Gasteiger partial charge in [-0.2, -0.15) is 0 Å². The average Bonchev–Trinajstić information content (AvgIpc) is 2.78. The van der Waals surface area contributed by atoms with Gasteiger partial charge in [0.15, 0.2) is 5.78 Å². The molecule has 1 fully saturated rings. The van der Waals surface area contributed by atoms with Gasteiger partial charge in [-0.1, -0.05) is 0 Å². The quantitative estimate of drug-likeness (QED) is 0.719. The van der Waals surface area contributed by atoms with Gasteiger partial charge in [0, 0.05) is 11.3 Å². The van der Waals surface area contributed by atoms with E-state index in [-0.39, 0.29) is 27.8 Å². The van der Waals surface area contributed by atoms with E-state index in [2.05, 4.69) is 4.72 Å². The first kappa shape index (κ1) is 21.0. The number of rotatable bonds is 5. The largest absolute Gasteiger partial charge is 0.295 e. The van der Waals surface area contributed by atoms with E-state index in [0.29, 0.717) is 5.56 Å². The number of hydrogen-bond acceptors (Lipinski definition) is 6. The second-order valence-electron chi connectivity index (χ2n) is 7.44. The molecule has 1 N–H and O–H groups in total. The first-order valence-corrected chi connectivity index (χ1v) is 11.7. The van der Waals surface area contributed by atoms with Crippen molar-refractivity contribution in [2.75, 3.05) is 14.8 Å². The van der Waals surface area contributed by atoms with Crippen molar-refractivity contribution in [1.29, 1.82) is 0 Å².